The van der Waals surface area contributed by atoms with Gasteiger partial charge in [0.05, 0.1) is 24.1 Å². The lowest BCUT2D eigenvalue weighted by Crippen LogP contribution is -2.21. The van der Waals surface area contributed by atoms with Crippen LogP contribution < -0.4 is 5.01 Å². The summed E-state index contributed by atoms with van der Waals surface area (Å²) in [4.78, 5) is 12.6. The van der Waals surface area contributed by atoms with Gasteiger partial charge >= 0.3 is 0 Å². The predicted octanol–water partition coefficient (Wildman–Crippen LogP) is 4.41. The quantitative estimate of drug-likeness (QED) is 0.463. The van der Waals surface area contributed by atoms with E-state index in [-0.39, 0.29) is 11.7 Å². The van der Waals surface area contributed by atoms with Crippen molar-refractivity contribution in [3.05, 3.63) is 60.7 Å². The minimum absolute atomic E-state index is 0.146. The van der Waals surface area contributed by atoms with Crippen molar-refractivity contribution in [1.82, 2.24) is 0 Å². The number of amides is 1. The summed E-state index contributed by atoms with van der Waals surface area (Å²) in [6.07, 6.45) is 1.81. The SMILES string of the molecule is CC1=NN(c2ccccc2)C(=O)/C1=C/c1cc(I)c(O)c(I)c1. The molecule has 4 nitrogen and oxygen atoms in total. The first-order valence-electron chi connectivity index (χ1n) is 6.82. The third-order valence-corrected chi connectivity index (χ3v) is 5.06. The Kier molecular flexibility index (Phi) is 4.72. The topological polar surface area (TPSA) is 52.9 Å². The van der Waals surface area contributed by atoms with Crippen LogP contribution in [0.25, 0.3) is 6.08 Å². The van der Waals surface area contributed by atoms with E-state index >= 15 is 0 Å². The summed E-state index contributed by atoms with van der Waals surface area (Å²) in [5.41, 5.74) is 2.85. The molecule has 0 aliphatic carbocycles. The number of aromatic hydroxyl groups is 1. The number of hydrogen-bond acceptors (Lipinski definition) is 3. The van der Waals surface area contributed by atoms with Gasteiger partial charge in [0.2, 0.25) is 0 Å². The lowest BCUT2D eigenvalue weighted by atomic mass is 10.1. The number of hydrazone groups is 1. The maximum absolute atomic E-state index is 12.6. The molecule has 1 aliphatic heterocycles. The first-order chi connectivity index (χ1) is 11.0. The van der Waals surface area contributed by atoms with E-state index in [1.54, 1.807) is 0 Å². The molecule has 0 unspecified atom stereocenters. The van der Waals surface area contributed by atoms with Gasteiger partial charge in [0.25, 0.3) is 5.91 Å². The second kappa shape index (κ2) is 6.60. The Bertz CT molecular complexity index is 822. The second-order valence-electron chi connectivity index (χ2n) is 5.03. The Balaban J connectivity index is 1.99. The van der Waals surface area contributed by atoms with Crippen LogP contribution in [0.5, 0.6) is 5.75 Å². The summed E-state index contributed by atoms with van der Waals surface area (Å²) in [6, 6.07) is 13.0. The molecule has 1 N–H and O–H groups in total. The molecule has 0 aromatic heterocycles. The third kappa shape index (κ3) is 3.27. The number of para-hydroxylation sites is 1. The third-order valence-electron chi connectivity index (χ3n) is 3.41. The largest absolute Gasteiger partial charge is 0.506 e. The first kappa shape index (κ1) is 16.4. The minimum Gasteiger partial charge on any atom is -0.506 e. The van der Waals surface area contributed by atoms with Crippen LogP contribution in [0.15, 0.2) is 53.1 Å². The van der Waals surface area contributed by atoms with Gasteiger partial charge in [0, 0.05) is 0 Å². The molecule has 1 amide bonds. The zero-order valence-corrected chi connectivity index (χ0v) is 16.4. The van der Waals surface area contributed by atoms with E-state index in [2.05, 4.69) is 50.3 Å². The predicted molar refractivity (Wildman–Crippen MR) is 109 cm³/mol. The molecule has 0 saturated carbocycles. The van der Waals surface area contributed by atoms with Gasteiger partial charge in [0.15, 0.2) is 0 Å². The minimum atomic E-state index is -0.146. The van der Waals surface area contributed by atoms with Gasteiger partial charge in [0.1, 0.15) is 5.75 Å². The van der Waals surface area contributed by atoms with Crippen LogP contribution in [0.4, 0.5) is 5.69 Å². The molecule has 1 aliphatic rings. The molecule has 0 bridgehead atoms. The Morgan fingerprint density at radius 3 is 2.35 bits per heavy atom. The number of hydrogen-bond donors (Lipinski definition) is 1. The monoisotopic (exact) mass is 530 g/mol. The van der Waals surface area contributed by atoms with Crippen LogP contribution in [-0.4, -0.2) is 16.7 Å². The van der Waals surface area contributed by atoms with Gasteiger partial charge in [-0.15, -0.1) is 0 Å². The number of benzene rings is 2. The highest BCUT2D eigenvalue weighted by Gasteiger charge is 2.28. The Morgan fingerprint density at radius 1 is 1.13 bits per heavy atom. The van der Waals surface area contributed by atoms with E-state index in [0.717, 1.165) is 18.4 Å². The number of phenolic OH excluding ortho intramolecular Hbond substituents is 1. The molecule has 1 heterocycles. The van der Waals surface area contributed by atoms with Crippen molar-refractivity contribution >= 4 is 68.6 Å². The van der Waals surface area contributed by atoms with E-state index in [0.29, 0.717) is 11.3 Å². The van der Waals surface area contributed by atoms with Crippen molar-refractivity contribution in [2.24, 2.45) is 5.10 Å². The Hall–Kier alpha value is -1.42. The highest BCUT2D eigenvalue weighted by Crippen LogP contribution is 2.30. The number of carbonyl (C=O) groups is 1. The summed E-state index contributed by atoms with van der Waals surface area (Å²) in [5.74, 6) is 0.120. The number of nitrogens with zero attached hydrogens (tertiary/aromatic N) is 2. The van der Waals surface area contributed by atoms with Gasteiger partial charge in [-0.2, -0.15) is 10.1 Å². The van der Waals surface area contributed by atoms with Crippen molar-refractivity contribution in [3.8, 4) is 5.75 Å². The molecule has 0 radical (unpaired) electrons. The average Bonchev–Trinajstić information content (AvgIpc) is 2.81. The molecule has 0 spiro atoms. The number of halogens is 2. The van der Waals surface area contributed by atoms with Gasteiger partial charge in [-0.05, 0) is 88.0 Å². The van der Waals surface area contributed by atoms with Crippen molar-refractivity contribution < 1.29 is 9.90 Å². The fourth-order valence-electron chi connectivity index (χ4n) is 2.26. The molecule has 0 saturated heterocycles. The second-order valence-corrected chi connectivity index (χ2v) is 7.35. The number of carbonyl (C=O) groups excluding carboxylic acids is 1. The molecule has 0 fully saturated rings. The van der Waals surface area contributed by atoms with Crippen LogP contribution in [0.3, 0.4) is 0 Å². The van der Waals surface area contributed by atoms with Gasteiger partial charge in [-0.25, -0.2) is 0 Å². The Labute approximate surface area is 161 Å². The standard InChI is InChI=1S/C17H12I2N2O2/c1-10-13(7-11-8-14(18)16(22)15(19)9-11)17(23)21(20-10)12-5-3-2-4-6-12/h2-9,22H,1H3/b13-7+. The molecule has 116 valence electrons. The number of rotatable bonds is 2. The smallest absolute Gasteiger partial charge is 0.280 e. The summed E-state index contributed by atoms with van der Waals surface area (Å²) in [5, 5.41) is 15.6. The first-order valence-corrected chi connectivity index (χ1v) is 8.98. The van der Waals surface area contributed by atoms with Gasteiger partial charge < -0.3 is 5.11 Å². The lowest BCUT2D eigenvalue weighted by Gasteiger charge is -2.11. The fourth-order valence-corrected chi connectivity index (χ4v) is 4.08. The Morgan fingerprint density at radius 2 is 1.74 bits per heavy atom. The van der Waals surface area contributed by atoms with Crippen LogP contribution >= 0.6 is 45.2 Å². The highest BCUT2D eigenvalue weighted by atomic mass is 127. The van der Waals surface area contributed by atoms with E-state index < -0.39 is 0 Å². The number of anilines is 1. The summed E-state index contributed by atoms with van der Waals surface area (Å²) >= 11 is 4.15. The molecule has 0 atom stereocenters. The van der Waals surface area contributed by atoms with Crippen LogP contribution in [0.1, 0.15) is 12.5 Å². The molecule has 3 rings (SSSR count). The van der Waals surface area contributed by atoms with E-state index in [1.165, 1.54) is 5.01 Å². The van der Waals surface area contributed by atoms with E-state index in [9.17, 15) is 9.90 Å². The molecule has 23 heavy (non-hydrogen) atoms. The fraction of sp³-hybridized carbons (Fsp3) is 0.0588. The molecular weight excluding hydrogens is 518 g/mol. The van der Waals surface area contributed by atoms with Crippen molar-refractivity contribution in [2.45, 2.75) is 6.92 Å². The van der Waals surface area contributed by atoms with Crippen LogP contribution in [-0.2, 0) is 4.79 Å². The summed E-state index contributed by atoms with van der Waals surface area (Å²) in [7, 11) is 0. The van der Waals surface area contributed by atoms with Crippen LogP contribution in [0.2, 0.25) is 0 Å². The molecule has 2 aromatic rings. The van der Waals surface area contributed by atoms with Gasteiger partial charge in [-0.1, -0.05) is 18.2 Å². The average molecular weight is 530 g/mol. The molecule has 2 aromatic carbocycles. The van der Waals surface area contributed by atoms with Gasteiger partial charge in [-0.3, -0.25) is 4.79 Å². The van der Waals surface area contributed by atoms with E-state index in [1.807, 2.05) is 55.5 Å². The zero-order valence-electron chi connectivity index (χ0n) is 12.1. The maximum atomic E-state index is 12.6. The van der Waals surface area contributed by atoms with Crippen molar-refractivity contribution in [1.29, 1.82) is 0 Å². The van der Waals surface area contributed by atoms with Crippen LogP contribution in [0, 0.1) is 7.14 Å². The maximum Gasteiger partial charge on any atom is 0.280 e. The van der Waals surface area contributed by atoms with Crippen molar-refractivity contribution in [2.75, 3.05) is 5.01 Å². The molecular formula is C17H12I2N2O2. The molecule has 6 heteroatoms. The lowest BCUT2D eigenvalue weighted by molar-refractivity contribution is -0.114. The number of phenols is 1. The summed E-state index contributed by atoms with van der Waals surface area (Å²) in [6.45, 7) is 1.82. The van der Waals surface area contributed by atoms with E-state index in [4.69, 9.17) is 0 Å². The highest BCUT2D eigenvalue weighted by molar-refractivity contribution is 14.1. The normalized spacial score (nSPS) is 16.1. The summed E-state index contributed by atoms with van der Waals surface area (Å²) < 4.78 is 1.50. The zero-order chi connectivity index (χ0) is 16.6. The van der Waals surface area contributed by atoms with Crippen molar-refractivity contribution in [3.63, 3.8) is 0 Å².